The van der Waals surface area contributed by atoms with Gasteiger partial charge in [-0.3, -0.25) is 4.98 Å². The number of rotatable bonds is 4. The quantitative estimate of drug-likeness (QED) is 0.794. The molecular weight excluding hydrogens is 264 g/mol. The Labute approximate surface area is 123 Å². The molecule has 1 unspecified atom stereocenters. The molecule has 0 amide bonds. The number of nitrogens with two attached hydrogens (primary N) is 1. The summed E-state index contributed by atoms with van der Waals surface area (Å²) in [6, 6.07) is 9.82. The van der Waals surface area contributed by atoms with Gasteiger partial charge in [0.15, 0.2) is 0 Å². The average Bonchev–Trinajstić information content (AvgIpc) is 2.97. The lowest BCUT2D eigenvalue weighted by Gasteiger charge is -2.18. The van der Waals surface area contributed by atoms with Crippen molar-refractivity contribution < 1.29 is 4.52 Å². The number of hydrogen-bond acceptors (Lipinski definition) is 5. The van der Waals surface area contributed by atoms with E-state index in [0.29, 0.717) is 11.7 Å². The van der Waals surface area contributed by atoms with Gasteiger partial charge in [0.1, 0.15) is 0 Å². The van der Waals surface area contributed by atoms with Gasteiger partial charge in [-0.05, 0) is 37.6 Å². The van der Waals surface area contributed by atoms with E-state index in [2.05, 4.69) is 22.0 Å². The van der Waals surface area contributed by atoms with Crippen LogP contribution in [0.4, 0.5) is 0 Å². The Morgan fingerprint density at radius 3 is 2.95 bits per heavy atom. The summed E-state index contributed by atoms with van der Waals surface area (Å²) in [5, 5.41) is 5.10. The molecule has 5 heteroatoms. The maximum atomic E-state index is 6.22. The zero-order valence-corrected chi connectivity index (χ0v) is 12.2. The third kappa shape index (κ3) is 2.64. The summed E-state index contributed by atoms with van der Waals surface area (Å²) >= 11 is 0. The van der Waals surface area contributed by atoms with Crippen LogP contribution in [0, 0.1) is 0 Å². The van der Waals surface area contributed by atoms with Gasteiger partial charge >= 0.3 is 0 Å². The van der Waals surface area contributed by atoms with Crippen molar-refractivity contribution in [3.05, 3.63) is 42.4 Å². The molecule has 0 radical (unpaired) electrons. The second kappa shape index (κ2) is 5.26. The van der Waals surface area contributed by atoms with Gasteiger partial charge in [-0.15, -0.1) is 0 Å². The zero-order chi connectivity index (χ0) is 14.9. The van der Waals surface area contributed by atoms with E-state index in [-0.39, 0.29) is 0 Å². The van der Waals surface area contributed by atoms with Gasteiger partial charge in [0, 0.05) is 17.1 Å². The lowest BCUT2D eigenvalue weighted by Crippen LogP contribution is -2.33. The van der Waals surface area contributed by atoms with Gasteiger partial charge in [0.2, 0.25) is 11.7 Å². The van der Waals surface area contributed by atoms with Crippen LogP contribution in [0.1, 0.15) is 32.6 Å². The van der Waals surface area contributed by atoms with Crippen molar-refractivity contribution in [2.45, 2.75) is 32.2 Å². The molecule has 3 rings (SSSR count). The van der Waals surface area contributed by atoms with Gasteiger partial charge in [-0.25, -0.2) is 0 Å². The summed E-state index contributed by atoms with van der Waals surface area (Å²) < 4.78 is 5.35. The second-order valence-corrected chi connectivity index (χ2v) is 5.50. The molecule has 2 aromatic heterocycles. The number of aromatic nitrogens is 3. The number of pyridine rings is 1. The molecule has 0 bridgehead atoms. The van der Waals surface area contributed by atoms with Crippen molar-refractivity contribution in [2.75, 3.05) is 0 Å². The van der Waals surface area contributed by atoms with Gasteiger partial charge < -0.3 is 10.3 Å². The molecule has 0 fully saturated rings. The highest BCUT2D eigenvalue weighted by Crippen LogP contribution is 2.26. The molecule has 0 saturated heterocycles. The summed E-state index contributed by atoms with van der Waals surface area (Å²) in [5.74, 6) is 1.04. The molecule has 21 heavy (non-hydrogen) atoms. The van der Waals surface area contributed by atoms with Gasteiger partial charge in [0.25, 0.3) is 0 Å². The van der Waals surface area contributed by atoms with E-state index in [1.54, 1.807) is 6.20 Å². The standard InChI is InChI=1S/C16H18N4O/c1-3-8-16(2,17)15-19-14(20-21-15)12-6-7-13-11(10-12)5-4-9-18-13/h4-7,9-10H,3,8,17H2,1-2H3. The molecule has 5 nitrogen and oxygen atoms in total. The topological polar surface area (TPSA) is 77.8 Å². The van der Waals surface area contributed by atoms with Crippen LogP contribution in [0.2, 0.25) is 0 Å². The Morgan fingerprint density at radius 1 is 1.29 bits per heavy atom. The Kier molecular flexibility index (Phi) is 3.43. The van der Waals surface area contributed by atoms with E-state index < -0.39 is 5.54 Å². The van der Waals surface area contributed by atoms with Crippen LogP contribution in [0.25, 0.3) is 22.3 Å². The van der Waals surface area contributed by atoms with E-state index in [1.807, 2.05) is 37.3 Å². The van der Waals surface area contributed by atoms with E-state index >= 15 is 0 Å². The Balaban J connectivity index is 1.98. The van der Waals surface area contributed by atoms with Crippen molar-refractivity contribution in [3.63, 3.8) is 0 Å². The fourth-order valence-corrected chi connectivity index (χ4v) is 2.41. The minimum absolute atomic E-state index is 0.477. The molecule has 0 spiro atoms. The first-order chi connectivity index (χ1) is 10.1. The van der Waals surface area contributed by atoms with Gasteiger partial charge in [-0.1, -0.05) is 24.6 Å². The lowest BCUT2D eigenvalue weighted by atomic mass is 9.98. The summed E-state index contributed by atoms with van der Waals surface area (Å²) in [7, 11) is 0. The largest absolute Gasteiger partial charge is 0.337 e. The summed E-state index contributed by atoms with van der Waals surface area (Å²) in [6.07, 6.45) is 3.54. The van der Waals surface area contributed by atoms with Crippen molar-refractivity contribution in [2.24, 2.45) is 5.73 Å². The fraction of sp³-hybridized carbons (Fsp3) is 0.312. The highest BCUT2D eigenvalue weighted by atomic mass is 16.5. The SMILES string of the molecule is CCCC(C)(N)c1nc(-c2ccc3ncccc3c2)no1. The first kappa shape index (κ1) is 13.7. The van der Waals surface area contributed by atoms with E-state index in [0.717, 1.165) is 29.3 Å². The third-order valence-electron chi connectivity index (χ3n) is 3.55. The van der Waals surface area contributed by atoms with Crippen LogP contribution >= 0.6 is 0 Å². The van der Waals surface area contributed by atoms with Crippen LogP contribution in [-0.4, -0.2) is 15.1 Å². The zero-order valence-electron chi connectivity index (χ0n) is 12.2. The molecule has 0 aliphatic heterocycles. The van der Waals surface area contributed by atoms with E-state index in [1.165, 1.54) is 0 Å². The maximum absolute atomic E-state index is 6.22. The molecule has 0 aliphatic carbocycles. The first-order valence-electron chi connectivity index (χ1n) is 7.08. The van der Waals surface area contributed by atoms with Gasteiger partial charge in [0.05, 0.1) is 11.1 Å². The van der Waals surface area contributed by atoms with Crippen LogP contribution in [0.15, 0.2) is 41.1 Å². The summed E-state index contributed by atoms with van der Waals surface area (Å²) in [4.78, 5) is 8.75. The average molecular weight is 282 g/mol. The predicted octanol–water partition coefficient (Wildman–Crippen LogP) is 3.26. The highest BCUT2D eigenvalue weighted by Gasteiger charge is 2.27. The summed E-state index contributed by atoms with van der Waals surface area (Å²) in [6.45, 7) is 4.00. The first-order valence-corrected chi connectivity index (χ1v) is 7.08. The number of nitrogens with zero attached hydrogens (tertiary/aromatic N) is 3. The van der Waals surface area contributed by atoms with Crippen LogP contribution < -0.4 is 5.73 Å². The molecule has 0 saturated carbocycles. The van der Waals surface area contributed by atoms with E-state index in [4.69, 9.17) is 10.3 Å². The number of hydrogen-bond donors (Lipinski definition) is 1. The van der Waals surface area contributed by atoms with Crippen LogP contribution in [0.5, 0.6) is 0 Å². The Morgan fingerprint density at radius 2 is 2.14 bits per heavy atom. The smallest absolute Gasteiger partial charge is 0.246 e. The Hall–Kier alpha value is -2.27. The molecule has 108 valence electrons. The third-order valence-corrected chi connectivity index (χ3v) is 3.55. The van der Waals surface area contributed by atoms with Crippen molar-refractivity contribution >= 4 is 10.9 Å². The lowest BCUT2D eigenvalue weighted by molar-refractivity contribution is 0.284. The predicted molar refractivity (Wildman–Crippen MR) is 81.5 cm³/mol. The monoisotopic (exact) mass is 282 g/mol. The summed E-state index contributed by atoms with van der Waals surface area (Å²) in [5.41, 5.74) is 7.48. The number of fused-ring (bicyclic) bond motifs is 1. The van der Waals surface area contributed by atoms with Crippen LogP contribution in [0.3, 0.4) is 0 Å². The molecule has 2 N–H and O–H groups in total. The minimum atomic E-state index is -0.585. The fourth-order valence-electron chi connectivity index (χ4n) is 2.41. The second-order valence-electron chi connectivity index (χ2n) is 5.50. The minimum Gasteiger partial charge on any atom is -0.337 e. The molecule has 2 heterocycles. The number of benzene rings is 1. The normalized spacial score (nSPS) is 14.2. The maximum Gasteiger partial charge on any atom is 0.246 e. The molecule has 0 aliphatic rings. The van der Waals surface area contributed by atoms with Crippen molar-refractivity contribution in [3.8, 4) is 11.4 Å². The molecule has 3 aromatic rings. The Bertz CT molecular complexity index is 764. The highest BCUT2D eigenvalue weighted by molar-refractivity contribution is 5.82. The molecular formula is C16H18N4O. The molecule has 1 aromatic carbocycles. The van der Waals surface area contributed by atoms with Gasteiger partial charge in [-0.2, -0.15) is 4.98 Å². The van der Waals surface area contributed by atoms with Crippen molar-refractivity contribution in [1.29, 1.82) is 0 Å². The van der Waals surface area contributed by atoms with E-state index in [9.17, 15) is 0 Å². The van der Waals surface area contributed by atoms with Crippen LogP contribution in [-0.2, 0) is 5.54 Å². The molecule has 1 atom stereocenters. The van der Waals surface area contributed by atoms with Crippen molar-refractivity contribution in [1.82, 2.24) is 15.1 Å².